The molecule has 0 saturated carbocycles. The van der Waals surface area contributed by atoms with E-state index in [1.807, 2.05) is 31.2 Å². The Bertz CT molecular complexity index is 602. The van der Waals surface area contributed by atoms with Gasteiger partial charge in [0, 0.05) is 17.1 Å². The predicted octanol–water partition coefficient (Wildman–Crippen LogP) is 3.69. The van der Waals surface area contributed by atoms with Crippen LogP contribution in [0, 0.1) is 6.92 Å². The van der Waals surface area contributed by atoms with Gasteiger partial charge in [-0.1, -0.05) is 23.7 Å². The molecule has 8 heteroatoms. The van der Waals surface area contributed by atoms with E-state index in [4.69, 9.17) is 17.3 Å². The minimum atomic E-state index is -0.0892. The molecule has 0 saturated heterocycles. The molecule has 0 atom stereocenters. The van der Waals surface area contributed by atoms with Crippen LogP contribution in [-0.2, 0) is 0 Å². The zero-order chi connectivity index (χ0) is 14.5. The highest BCUT2D eigenvalue weighted by Crippen LogP contribution is 2.28. The highest BCUT2D eigenvalue weighted by molar-refractivity contribution is 7.17. The van der Waals surface area contributed by atoms with Gasteiger partial charge >= 0.3 is 0 Å². The highest BCUT2D eigenvalue weighted by Gasteiger charge is 2.15. The Morgan fingerprint density at radius 3 is 2.55 bits per heavy atom. The number of aromatic nitrogens is 1. The molecule has 2 aromatic rings. The Morgan fingerprint density at radius 1 is 1.32 bits per heavy atom. The monoisotopic (exact) mass is 381 g/mol. The van der Waals surface area contributed by atoms with Crippen LogP contribution < -0.4 is 11.1 Å². The first-order valence-electron chi connectivity index (χ1n) is 6.33. The fourth-order valence-corrected chi connectivity index (χ4v) is 2.82. The van der Waals surface area contributed by atoms with Crippen molar-refractivity contribution in [3.05, 3.63) is 39.9 Å². The molecule has 122 valence electrons. The predicted molar refractivity (Wildman–Crippen MR) is 97.8 cm³/mol. The van der Waals surface area contributed by atoms with E-state index >= 15 is 0 Å². The van der Waals surface area contributed by atoms with Crippen molar-refractivity contribution in [3.63, 3.8) is 0 Å². The minimum Gasteiger partial charge on any atom is -0.351 e. The molecule has 1 aromatic heterocycles. The summed E-state index contributed by atoms with van der Waals surface area (Å²) >= 11 is 7.25. The van der Waals surface area contributed by atoms with Crippen molar-refractivity contribution < 1.29 is 4.79 Å². The van der Waals surface area contributed by atoms with E-state index in [0.717, 1.165) is 22.7 Å². The summed E-state index contributed by atoms with van der Waals surface area (Å²) in [6.45, 7) is 2.99. The van der Waals surface area contributed by atoms with E-state index in [0.29, 0.717) is 23.0 Å². The molecule has 3 N–H and O–H groups in total. The number of amides is 1. The van der Waals surface area contributed by atoms with Crippen LogP contribution in [0.15, 0.2) is 24.3 Å². The number of carbonyl (C=O) groups is 1. The fraction of sp³-hybridized carbons (Fsp3) is 0.286. The third-order valence-corrected chi connectivity index (χ3v) is 4.22. The van der Waals surface area contributed by atoms with Crippen molar-refractivity contribution in [2.75, 3.05) is 13.1 Å². The Labute approximate surface area is 151 Å². The van der Waals surface area contributed by atoms with E-state index in [1.165, 1.54) is 11.3 Å². The van der Waals surface area contributed by atoms with Gasteiger partial charge in [0.15, 0.2) is 0 Å². The second-order valence-corrected chi connectivity index (χ2v) is 5.77. The number of nitrogens with one attached hydrogen (secondary N) is 1. The van der Waals surface area contributed by atoms with Crippen molar-refractivity contribution in [1.29, 1.82) is 0 Å². The second kappa shape index (κ2) is 10.0. The molecule has 0 unspecified atom stereocenters. The molecule has 0 bridgehead atoms. The molecule has 22 heavy (non-hydrogen) atoms. The third-order valence-electron chi connectivity index (χ3n) is 2.76. The third kappa shape index (κ3) is 5.41. The lowest BCUT2D eigenvalue weighted by atomic mass is 10.2. The summed E-state index contributed by atoms with van der Waals surface area (Å²) in [5.74, 6) is -0.0892. The van der Waals surface area contributed by atoms with Gasteiger partial charge in [0.1, 0.15) is 9.88 Å². The maximum Gasteiger partial charge on any atom is 0.263 e. The maximum absolute atomic E-state index is 12.0. The first-order valence-corrected chi connectivity index (χ1v) is 7.53. The Balaban J connectivity index is 0.00000220. The molecule has 1 heterocycles. The van der Waals surface area contributed by atoms with Crippen LogP contribution in [0.4, 0.5) is 0 Å². The largest absolute Gasteiger partial charge is 0.351 e. The minimum absolute atomic E-state index is 0. The van der Waals surface area contributed by atoms with Crippen LogP contribution >= 0.6 is 47.8 Å². The summed E-state index contributed by atoms with van der Waals surface area (Å²) in [6.07, 6.45) is 0.771. The lowest BCUT2D eigenvalue weighted by Crippen LogP contribution is -2.25. The number of hydrogen-bond donors (Lipinski definition) is 2. The maximum atomic E-state index is 12.0. The quantitative estimate of drug-likeness (QED) is 0.775. The van der Waals surface area contributed by atoms with Gasteiger partial charge in [-0.2, -0.15) is 0 Å². The summed E-state index contributed by atoms with van der Waals surface area (Å²) in [5.41, 5.74) is 7.11. The highest BCUT2D eigenvalue weighted by atomic mass is 35.5. The van der Waals surface area contributed by atoms with Gasteiger partial charge in [0.2, 0.25) is 0 Å². The number of halogens is 3. The van der Waals surface area contributed by atoms with Crippen LogP contribution in [-0.4, -0.2) is 24.0 Å². The SMILES string of the molecule is Cc1nc(-c2ccc(Cl)cc2)sc1C(=O)NCCCN.Cl.Cl. The van der Waals surface area contributed by atoms with E-state index in [-0.39, 0.29) is 30.7 Å². The summed E-state index contributed by atoms with van der Waals surface area (Å²) < 4.78 is 0. The molecule has 1 amide bonds. The lowest BCUT2D eigenvalue weighted by Gasteiger charge is -2.01. The molecular formula is C14H18Cl3N3OS. The van der Waals surface area contributed by atoms with Crippen molar-refractivity contribution in [2.45, 2.75) is 13.3 Å². The fourth-order valence-electron chi connectivity index (χ4n) is 1.71. The molecule has 0 aliphatic heterocycles. The van der Waals surface area contributed by atoms with E-state index in [1.54, 1.807) is 0 Å². The zero-order valence-corrected chi connectivity index (χ0v) is 15.2. The van der Waals surface area contributed by atoms with Crippen molar-refractivity contribution >= 4 is 53.7 Å². The molecule has 0 spiro atoms. The molecule has 0 aliphatic rings. The molecule has 0 aliphatic carbocycles. The topological polar surface area (TPSA) is 68.0 Å². The summed E-state index contributed by atoms with van der Waals surface area (Å²) in [4.78, 5) is 17.1. The zero-order valence-electron chi connectivity index (χ0n) is 12.0. The average molecular weight is 383 g/mol. The Morgan fingerprint density at radius 2 is 1.95 bits per heavy atom. The number of hydrogen-bond acceptors (Lipinski definition) is 4. The number of aryl methyl sites for hydroxylation is 1. The number of rotatable bonds is 5. The summed E-state index contributed by atoms with van der Waals surface area (Å²) in [6, 6.07) is 7.43. The van der Waals surface area contributed by atoms with Crippen LogP contribution in [0.1, 0.15) is 21.8 Å². The Hall–Kier alpha value is -0.850. The smallest absolute Gasteiger partial charge is 0.263 e. The number of nitrogens with two attached hydrogens (primary N) is 1. The van der Waals surface area contributed by atoms with Gasteiger partial charge in [0.05, 0.1) is 5.69 Å². The molecule has 0 radical (unpaired) electrons. The van der Waals surface area contributed by atoms with Crippen molar-refractivity contribution in [2.24, 2.45) is 5.73 Å². The van der Waals surface area contributed by atoms with Gasteiger partial charge in [-0.25, -0.2) is 4.98 Å². The standard InChI is InChI=1S/C14H16ClN3OS.2ClH/c1-9-12(13(19)17-8-2-7-16)20-14(18-9)10-3-5-11(15)6-4-10;;/h3-6H,2,7-8,16H2,1H3,(H,17,19);2*1H. The van der Waals surface area contributed by atoms with Crippen LogP contribution in [0.5, 0.6) is 0 Å². The van der Waals surface area contributed by atoms with Gasteiger partial charge in [-0.05, 0) is 32.0 Å². The number of carbonyl (C=O) groups excluding carboxylic acids is 1. The van der Waals surface area contributed by atoms with Crippen molar-refractivity contribution in [1.82, 2.24) is 10.3 Å². The number of thiazole rings is 1. The Kier molecular flexibility index (Phi) is 9.64. The summed E-state index contributed by atoms with van der Waals surface area (Å²) in [5, 5.41) is 4.35. The number of benzene rings is 1. The first kappa shape index (κ1) is 21.1. The second-order valence-electron chi connectivity index (χ2n) is 4.34. The van der Waals surface area contributed by atoms with Gasteiger partial charge in [-0.15, -0.1) is 36.2 Å². The van der Waals surface area contributed by atoms with E-state index < -0.39 is 0 Å². The van der Waals surface area contributed by atoms with Crippen LogP contribution in [0.3, 0.4) is 0 Å². The van der Waals surface area contributed by atoms with Gasteiger partial charge < -0.3 is 11.1 Å². The summed E-state index contributed by atoms with van der Waals surface area (Å²) in [7, 11) is 0. The van der Waals surface area contributed by atoms with E-state index in [2.05, 4.69) is 10.3 Å². The van der Waals surface area contributed by atoms with Crippen LogP contribution in [0.2, 0.25) is 5.02 Å². The normalized spacial score (nSPS) is 9.59. The van der Waals surface area contributed by atoms with Crippen molar-refractivity contribution in [3.8, 4) is 10.6 Å². The molecule has 4 nitrogen and oxygen atoms in total. The number of nitrogens with zero attached hydrogens (tertiary/aromatic N) is 1. The molecular weight excluding hydrogens is 365 g/mol. The van der Waals surface area contributed by atoms with Crippen LogP contribution in [0.25, 0.3) is 10.6 Å². The molecule has 2 rings (SSSR count). The first-order chi connectivity index (χ1) is 9.61. The lowest BCUT2D eigenvalue weighted by molar-refractivity contribution is 0.0957. The van der Waals surface area contributed by atoms with Gasteiger partial charge in [0.25, 0.3) is 5.91 Å². The van der Waals surface area contributed by atoms with E-state index in [9.17, 15) is 4.79 Å². The van der Waals surface area contributed by atoms with Gasteiger partial charge in [-0.3, -0.25) is 4.79 Å². The molecule has 1 aromatic carbocycles. The average Bonchev–Trinajstić information content (AvgIpc) is 2.82. The molecule has 0 fully saturated rings.